The van der Waals surface area contributed by atoms with E-state index >= 15 is 0 Å². The van der Waals surface area contributed by atoms with E-state index in [1.165, 1.54) is 5.57 Å². The lowest BCUT2D eigenvalue weighted by Crippen LogP contribution is -2.38. The van der Waals surface area contributed by atoms with Gasteiger partial charge in [0.05, 0.1) is 4.47 Å². The Morgan fingerprint density at radius 2 is 2.24 bits per heavy atom. The summed E-state index contributed by atoms with van der Waals surface area (Å²) in [5.41, 5.74) is 1.27. The van der Waals surface area contributed by atoms with Crippen molar-refractivity contribution in [1.29, 1.82) is 0 Å². The van der Waals surface area contributed by atoms with Gasteiger partial charge in [0.25, 0.3) is 5.91 Å². The average Bonchev–Trinajstić information content (AvgIpc) is 2.48. The van der Waals surface area contributed by atoms with Crippen LogP contribution in [0.3, 0.4) is 0 Å². The van der Waals surface area contributed by atoms with Crippen LogP contribution in [-0.4, -0.2) is 31.6 Å². The van der Waals surface area contributed by atoms with Crippen LogP contribution in [-0.2, 0) is 4.79 Å². The molecule has 1 unspecified atom stereocenters. The Bertz CT molecular complexity index is 508. The van der Waals surface area contributed by atoms with Gasteiger partial charge < -0.3 is 15.4 Å². The number of ether oxygens (including phenoxy) is 1. The molecule has 116 valence electrons. The number of carbonyl (C=O) groups is 1. The zero-order valence-electron chi connectivity index (χ0n) is 11.9. The van der Waals surface area contributed by atoms with E-state index in [0.717, 1.165) is 24.0 Å². The van der Waals surface area contributed by atoms with Gasteiger partial charge >= 0.3 is 0 Å². The van der Waals surface area contributed by atoms with E-state index in [0.29, 0.717) is 12.3 Å². The molecule has 6 heteroatoms. The van der Waals surface area contributed by atoms with Crippen LogP contribution >= 0.6 is 28.3 Å². The molecule has 1 aromatic rings. The quantitative estimate of drug-likeness (QED) is 0.778. The summed E-state index contributed by atoms with van der Waals surface area (Å²) in [5.74, 6) is 0.580. The van der Waals surface area contributed by atoms with E-state index in [1.54, 1.807) is 6.92 Å². The molecular weight excluding hydrogens is 356 g/mol. The Kier molecular flexibility index (Phi) is 7.78. The molecule has 2 N–H and O–H groups in total. The van der Waals surface area contributed by atoms with Crippen molar-refractivity contribution in [2.24, 2.45) is 0 Å². The van der Waals surface area contributed by atoms with Crippen molar-refractivity contribution >= 4 is 34.2 Å². The molecule has 1 amide bonds. The smallest absolute Gasteiger partial charge is 0.261 e. The summed E-state index contributed by atoms with van der Waals surface area (Å²) >= 11 is 3.40. The molecule has 0 saturated carbocycles. The van der Waals surface area contributed by atoms with Gasteiger partial charge in [-0.1, -0.05) is 23.8 Å². The Morgan fingerprint density at radius 3 is 2.90 bits per heavy atom. The second kappa shape index (κ2) is 9.07. The number of carbonyl (C=O) groups excluding carboxylic acids is 1. The van der Waals surface area contributed by atoms with Crippen molar-refractivity contribution in [3.63, 3.8) is 0 Å². The molecule has 0 radical (unpaired) electrons. The van der Waals surface area contributed by atoms with Gasteiger partial charge in [-0.05, 0) is 48.0 Å². The van der Waals surface area contributed by atoms with Gasteiger partial charge in [0.2, 0.25) is 0 Å². The number of benzene rings is 1. The molecule has 1 aromatic carbocycles. The number of nitrogens with one attached hydrogen (secondary N) is 2. The summed E-state index contributed by atoms with van der Waals surface area (Å²) in [6.07, 6.45) is 2.60. The van der Waals surface area contributed by atoms with Crippen molar-refractivity contribution in [2.75, 3.05) is 19.6 Å². The van der Waals surface area contributed by atoms with Gasteiger partial charge in [0, 0.05) is 13.1 Å². The first-order chi connectivity index (χ1) is 9.66. The third-order valence-corrected chi connectivity index (χ3v) is 3.81. The van der Waals surface area contributed by atoms with Crippen LogP contribution in [0.25, 0.3) is 0 Å². The molecule has 1 aliphatic heterocycles. The first-order valence-corrected chi connectivity index (χ1v) is 7.53. The zero-order chi connectivity index (χ0) is 14.4. The van der Waals surface area contributed by atoms with Gasteiger partial charge in [0.15, 0.2) is 6.10 Å². The van der Waals surface area contributed by atoms with Gasteiger partial charge in [-0.15, -0.1) is 12.4 Å². The number of rotatable bonds is 5. The maximum absolute atomic E-state index is 12.0. The number of hydrogen-bond donors (Lipinski definition) is 2. The van der Waals surface area contributed by atoms with Crippen molar-refractivity contribution in [2.45, 2.75) is 19.4 Å². The van der Waals surface area contributed by atoms with E-state index in [1.807, 2.05) is 24.3 Å². The average molecular weight is 376 g/mol. The SMILES string of the molecule is CC(Oc1ccccc1Br)C(=O)NCC1=CCNCC1.Cl. The fourth-order valence-electron chi connectivity index (χ4n) is 1.96. The Morgan fingerprint density at radius 1 is 1.48 bits per heavy atom. The Balaban J connectivity index is 0.00000220. The summed E-state index contributed by atoms with van der Waals surface area (Å²) in [4.78, 5) is 12.0. The molecule has 1 atom stereocenters. The topological polar surface area (TPSA) is 50.4 Å². The third-order valence-electron chi connectivity index (χ3n) is 3.16. The van der Waals surface area contributed by atoms with E-state index in [9.17, 15) is 4.79 Å². The van der Waals surface area contributed by atoms with Crippen molar-refractivity contribution in [1.82, 2.24) is 10.6 Å². The monoisotopic (exact) mass is 374 g/mol. The second-order valence-electron chi connectivity index (χ2n) is 4.72. The van der Waals surface area contributed by atoms with E-state index < -0.39 is 6.10 Å². The molecule has 0 aromatic heterocycles. The maximum atomic E-state index is 12.0. The first kappa shape index (κ1) is 18.0. The molecule has 0 bridgehead atoms. The lowest BCUT2D eigenvalue weighted by molar-refractivity contribution is -0.127. The van der Waals surface area contributed by atoms with Crippen molar-refractivity contribution in [3.05, 3.63) is 40.4 Å². The van der Waals surface area contributed by atoms with Crippen molar-refractivity contribution in [3.8, 4) is 5.75 Å². The second-order valence-corrected chi connectivity index (χ2v) is 5.58. The standard InChI is InChI=1S/C15H19BrN2O2.ClH/c1-11(20-14-5-3-2-4-13(14)16)15(19)18-10-12-6-8-17-9-7-12;/h2-6,11,17H,7-10H2,1H3,(H,18,19);1H. The minimum absolute atomic E-state index is 0. The fourth-order valence-corrected chi connectivity index (χ4v) is 2.34. The van der Waals surface area contributed by atoms with Gasteiger partial charge in [0.1, 0.15) is 5.75 Å². The highest BCUT2D eigenvalue weighted by Gasteiger charge is 2.16. The third kappa shape index (κ3) is 5.69. The lowest BCUT2D eigenvalue weighted by atomic mass is 10.1. The Labute approximate surface area is 139 Å². The van der Waals surface area contributed by atoms with E-state index in [2.05, 4.69) is 32.6 Å². The van der Waals surface area contributed by atoms with Crippen LogP contribution in [0.5, 0.6) is 5.75 Å². The highest BCUT2D eigenvalue weighted by atomic mass is 79.9. The van der Waals surface area contributed by atoms with Crippen LogP contribution in [0.2, 0.25) is 0 Å². The fraction of sp³-hybridized carbons (Fsp3) is 0.400. The predicted molar refractivity (Wildman–Crippen MR) is 90.1 cm³/mol. The van der Waals surface area contributed by atoms with E-state index in [-0.39, 0.29) is 18.3 Å². The number of para-hydroxylation sites is 1. The van der Waals surface area contributed by atoms with Crippen LogP contribution < -0.4 is 15.4 Å². The molecule has 0 spiro atoms. The molecular formula is C15H20BrClN2O2. The normalized spacial score (nSPS) is 15.4. The first-order valence-electron chi connectivity index (χ1n) is 6.74. The summed E-state index contributed by atoms with van der Waals surface area (Å²) < 4.78 is 6.50. The maximum Gasteiger partial charge on any atom is 0.261 e. The van der Waals surface area contributed by atoms with Gasteiger partial charge in [-0.2, -0.15) is 0 Å². The van der Waals surface area contributed by atoms with Crippen LogP contribution in [0.15, 0.2) is 40.4 Å². The predicted octanol–water partition coefficient (Wildman–Crippen LogP) is 2.67. The summed E-state index contributed by atoms with van der Waals surface area (Å²) in [6.45, 7) is 4.22. The number of halogens is 2. The molecule has 0 saturated heterocycles. The molecule has 0 fully saturated rings. The van der Waals surface area contributed by atoms with Gasteiger partial charge in [-0.25, -0.2) is 0 Å². The van der Waals surface area contributed by atoms with Crippen LogP contribution in [0, 0.1) is 0 Å². The van der Waals surface area contributed by atoms with Crippen molar-refractivity contribution < 1.29 is 9.53 Å². The number of hydrogen-bond acceptors (Lipinski definition) is 3. The minimum Gasteiger partial charge on any atom is -0.480 e. The van der Waals surface area contributed by atoms with Gasteiger partial charge in [-0.3, -0.25) is 4.79 Å². The molecule has 4 nitrogen and oxygen atoms in total. The zero-order valence-corrected chi connectivity index (χ0v) is 14.3. The molecule has 2 rings (SSSR count). The molecule has 21 heavy (non-hydrogen) atoms. The largest absolute Gasteiger partial charge is 0.480 e. The van der Waals surface area contributed by atoms with E-state index in [4.69, 9.17) is 4.74 Å². The molecule has 1 heterocycles. The molecule has 1 aliphatic rings. The molecule has 0 aliphatic carbocycles. The summed E-state index contributed by atoms with van der Waals surface area (Å²) in [7, 11) is 0. The minimum atomic E-state index is -0.518. The highest BCUT2D eigenvalue weighted by molar-refractivity contribution is 9.10. The lowest BCUT2D eigenvalue weighted by Gasteiger charge is -2.18. The number of amides is 1. The highest BCUT2D eigenvalue weighted by Crippen LogP contribution is 2.24. The summed E-state index contributed by atoms with van der Waals surface area (Å²) in [6, 6.07) is 7.51. The van der Waals surface area contributed by atoms with Crippen LogP contribution in [0.1, 0.15) is 13.3 Å². The summed E-state index contributed by atoms with van der Waals surface area (Å²) in [5, 5.41) is 6.16. The Hall–Kier alpha value is -1.04. The van der Waals surface area contributed by atoms with Crippen LogP contribution in [0.4, 0.5) is 0 Å².